The number of fused-ring (bicyclic) bond motifs is 4. The number of anilines is 1. The summed E-state index contributed by atoms with van der Waals surface area (Å²) in [6.07, 6.45) is 3.72. The van der Waals surface area contributed by atoms with Crippen LogP contribution in [0.1, 0.15) is 29.8 Å². The Bertz CT molecular complexity index is 846. The van der Waals surface area contributed by atoms with Crippen LogP contribution in [0.3, 0.4) is 0 Å². The number of rotatable bonds is 4. The van der Waals surface area contributed by atoms with Crippen molar-refractivity contribution in [2.45, 2.75) is 31.4 Å². The molecule has 4 saturated heterocycles. The number of nitrogens with one attached hydrogen (secondary N) is 1. The largest absolute Gasteiger partial charge is 0.380 e. The zero-order valence-corrected chi connectivity index (χ0v) is 16.5. The molecule has 0 spiro atoms. The van der Waals surface area contributed by atoms with Gasteiger partial charge in [0.2, 0.25) is 0 Å². The SMILES string of the molecule is CO[C@@H]1CCN(c2cccc3c(C(=O)N[C@@H]4CN5CCC4CC5)nsc23)C1. The molecule has 4 fully saturated rings. The predicted octanol–water partition coefficient (Wildman–Crippen LogP) is 2.35. The molecular formula is C20H26N4O2S. The Morgan fingerprint density at radius 2 is 2.07 bits per heavy atom. The molecule has 0 aliphatic carbocycles. The van der Waals surface area contributed by atoms with E-state index in [0.717, 1.165) is 36.1 Å². The van der Waals surface area contributed by atoms with Gasteiger partial charge in [-0.1, -0.05) is 12.1 Å². The molecule has 6 rings (SSSR count). The molecule has 27 heavy (non-hydrogen) atoms. The summed E-state index contributed by atoms with van der Waals surface area (Å²) in [5.41, 5.74) is 1.75. The number of methoxy groups -OCH3 is 1. The number of hydrogen-bond acceptors (Lipinski definition) is 6. The molecule has 1 N–H and O–H groups in total. The van der Waals surface area contributed by atoms with Crippen molar-refractivity contribution in [3.8, 4) is 0 Å². The van der Waals surface area contributed by atoms with E-state index in [0.29, 0.717) is 11.6 Å². The van der Waals surface area contributed by atoms with E-state index in [1.54, 1.807) is 7.11 Å². The highest BCUT2D eigenvalue weighted by Gasteiger charge is 2.35. The van der Waals surface area contributed by atoms with Gasteiger partial charge in [0.25, 0.3) is 5.91 Å². The number of hydrogen-bond donors (Lipinski definition) is 1. The van der Waals surface area contributed by atoms with Gasteiger partial charge in [0.15, 0.2) is 0 Å². The van der Waals surface area contributed by atoms with Gasteiger partial charge in [0.1, 0.15) is 5.69 Å². The minimum atomic E-state index is -0.0201. The Morgan fingerprint density at radius 3 is 2.78 bits per heavy atom. The van der Waals surface area contributed by atoms with E-state index in [9.17, 15) is 4.79 Å². The fourth-order valence-corrected chi connectivity index (χ4v) is 5.78. The summed E-state index contributed by atoms with van der Waals surface area (Å²) in [5, 5.41) is 4.25. The summed E-state index contributed by atoms with van der Waals surface area (Å²) in [7, 11) is 1.78. The minimum Gasteiger partial charge on any atom is -0.380 e. The number of carbonyl (C=O) groups is 1. The van der Waals surface area contributed by atoms with Gasteiger partial charge in [0.05, 0.1) is 16.5 Å². The van der Waals surface area contributed by atoms with E-state index in [1.807, 2.05) is 12.1 Å². The number of carbonyl (C=O) groups excluding carboxylic acids is 1. The maximum absolute atomic E-state index is 13.0. The molecule has 0 unspecified atom stereocenters. The van der Waals surface area contributed by atoms with Crippen LogP contribution in [0.15, 0.2) is 18.2 Å². The molecular weight excluding hydrogens is 360 g/mol. The quantitative estimate of drug-likeness (QED) is 0.874. The number of nitrogens with zero attached hydrogens (tertiary/aromatic N) is 3. The molecule has 5 heterocycles. The highest BCUT2D eigenvalue weighted by Crippen LogP contribution is 2.35. The van der Waals surface area contributed by atoms with Crippen molar-refractivity contribution in [3.05, 3.63) is 23.9 Å². The van der Waals surface area contributed by atoms with Crippen LogP contribution in [-0.2, 0) is 4.74 Å². The van der Waals surface area contributed by atoms with Crippen LogP contribution in [0.4, 0.5) is 5.69 Å². The van der Waals surface area contributed by atoms with Gasteiger partial charge >= 0.3 is 0 Å². The minimum absolute atomic E-state index is 0.0201. The van der Waals surface area contributed by atoms with Crippen molar-refractivity contribution in [1.29, 1.82) is 0 Å². The number of piperidine rings is 3. The van der Waals surface area contributed by atoms with Crippen molar-refractivity contribution < 1.29 is 9.53 Å². The maximum Gasteiger partial charge on any atom is 0.271 e. The lowest BCUT2D eigenvalue weighted by Crippen LogP contribution is -2.57. The number of aromatic nitrogens is 1. The zero-order chi connectivity index (χ0) is 18.4. The fraction of sp³-hybridized carbons (Fsp3) is 0.600. The molecule has 1 amide bonds. The van der Waals surface area contributed by atoms with Gasteiger partial charge in [0, 0.05) is 38.2 Å². The summed E-state index contributed by atoms with van der Waals surface area (Å²) in [6, 6.07) is 6.46. The molecule has 2 atom stereocenters. The van der Waals surface area contributed by atoms with E-state index < -0.39 is 0 Å². The van der Waals surface area contributed by atoms with Crippen molar-refractivity contribution in [3.63, 3.8) is 0 Å². The molecule has 2 aromatic rings. The Morgan fingerprint density at radius 1 is 1.22 bits per heavy atom. The second kappa shape index (κ2) is 7.04. The van der Waals surface area contributed by atoms with Crippen LogP contribution in [0, 0.1) is 5.92 Å². The van der Waals surface area contributed by atoms with Gasteiger partial charge in [-0.05, 0) is 55.9 Å². The zero-order valence-electron chi connectivity index (χ0n) is 15.7. The maximum atomic E-state index is 13.0. The molecule has 7 heteroatoms. The van der Waals surface area contributed by atoms with Gasteiger partial charge in [-0.2, -0.15) is 4.37 Å². The normalized spacial score (nSPS) is 30.2. The first-order valence-electron chi connectivity index (χ1n) is 9.92. The second-order valence-corrected chi connectivity index (χ2v) is 8.77. The Balaban J connectivity index is 1.38. The van der Waals surface area contributed by atoms with Crippen LogP contribution in [-0.4, -0.2) is 67.2 Å². The lowest BCUT2D eigenvalue weighted by atomic mass is 9.84. The Kier molecular flexibility index (Phi) is 4.53. The van der Waals surface area contributed by atoms with E-state index in [2.05, 4.69) is 25.6 Å². The Labute approximate surface area is 163 Å². The van der Waals surface area contributed by atoms with Crippen LogP contribution in [0.5, 0.6) is 0 Å². The highest BCUT2D eigenvalue weighted by atomic mass is 32.1. The number of amides is 1. The van der Waals surface area contributed by atoms with Crippen molar-refractivity contribution >= 4 is 33.2 Å². The highest BCUT2D eigenvalue weighted by molar-refractivity contribution is 7.14. The van der Waals surface area contributed by atoms with E-state index in [4.69, 9.17) is 4.74 Å². The smallest absolute Gasteiger partial charge is 0.271 e. The lowest BCUT2D eigenvalue weighted by molar-refractivity contribution is 0.0619. The monoisotopic (exact) mass is 386 g/mol. The standard InChI is InChI=1S/C20H26N4O2S/c1-26-14-7-10-24(11-14)17-4-2-3-15-18(22-27-19(15)17)20(25)21-16-12-23-8-5-13(16)6-9-23/h2-4,13-14,16H,5-12H2,1H3,(H,21,25)/t14-,16-/m1/s1. The predicted molar refractivity (Wildman–Crippen MR) is 108 cm³/mol. The topological polar surface area (TPSA) is 57.7 Å². The molecule has 6 nitrogen and oxygen atoms in total. The Hall–Kier alpha value is -1.70. The lowest BCUT2D eigenvalue weighted by Gasteiger charge is -2.44. The summed E-state index contributed by atoms with van der Waals surface area (Å²) in [5.74, 6) is 0.600. The van der Waals surface area contributed by atoms with Crippen LogP contribution < -0.4 is 10.2 Å². The van der Waals surface area contributed by atoms with Gasteiger partial charge in [-0.25, -0.2) is 0 Å². The summed E-state index contributed by atoms with van der Waals surface area (Å²) in [6.45, 7) is 5.22. The number of ether oxygens (including phenoxy) is 1. The van der Waals surface area contributed by atoms with Crippen LogP contribution >= 0.6 is 11.5 Å². The van der Waals surface area contributed by atoms with Crippen molar-refractivity contribution in [2.75, 3.05) is 44.7 Å². The first-order chi connectivity index (χ1) is 13.2. The number of benzene rings is 1. The summed E-state index contributed by atoms with van der Waals surface area (Å²) >= 11 is 1.44. The van der Waals surface area contributed by atoms with Gasteiger partial charge < -0.3 is 19.9 Å². The van der Waals surface area contributed by atoms with Crippen molar-refractivity contribution in [1.82, 2.24) is 14.6 Å². The molecule has 1 aromatic carbocycles. The van der Waals surface area contributed by atoms with E-state index in [-0.39, 0.29) is 18.1 Å². The summed E-state index contributed by atoms with van der Waals surface area (Å²) < 4.78 is 11.2. The molecule has 144 valence electrons. The average molecular weight is 387 g/mol. The van der Waals surface area contributed by atoms with E-state index in [1.165, 1.54) is 43.2 Å². The van der Waals surface area contributed by atoms with Crippen LogP contribution in [0.2, 0.25) is 0 Å². The van der Waals surface area contributed by atoms with Crippen molar-refractivity contribution in [2.24, 2.45) is 5.92 Å². The fourth-order valence-electron chi connectivity index (χ4n) is 4.87. The third kappa shape index (κ3) is 3.11. The molecule has 4 aliphatic rings. The third-order valence-electron chi connectivity index (χ3n) is 6.48. The van der Waals surface area contributed by atoms with Gasteiger partial charge in [-0.3, -0.25) is 4.79 Å². The molecule has 4 aliphatic heterocycles. The first-order valence-corrected chi connectivity index (χ1v) is 10.7. The van der Waals surface area contributed by atoms with E-state index >= 15 is 0 Å². The third-order valence-corrected chi connectivity index (χ3v) is 7.37. The summed E-state index contributed by atoms with van der Waals surface area (Å²) in [4.78, 5) is 17.8. The van der Waals surface area contributed by atoms with Gasteiger partial charge in [-0.15, -0.1) is 0 Å². The molecule has 0 saturated carbocycles. The second-order valence-electron chi connectivity index (χ2n) is 8.00. The average Bonchev–Trinajstić information content (AvgIpc) is 3.36. The molecule has 2 bridgehead atoms. The van der Waals surface area contributed by atoms with Crippen LogP contribution in [0.25, 0.3) is 10.1 Å². The molecule has 1 aromatic heterocycles. The first kappa shape index (κ1) is 17.4. The molecule has 0 radical (unpaired) electrons.